The number of hydrogen-bond donors (Lipinski definition) is 1. The fraction of sp³-hybridized carbons (Fsp3) is 0.867. The minimum Gasteiger partial charge on any atom is -0.339 e. The maximum Gasteiger partial charge on any atom is 0.228 e. The van der Waals surface area contributed by atoms with E-state index in [0.29, 0.717) is 21.8 Å². The van der Waals surface area contributed by atoms with Crippen molar-refractivity contribution in [3.63, 3.8) is 0 Å². The summed E-state index contributed by atoms with van der Waals surface area (Å²) in [6.45, 7) is 10.0. The maximum atomic E-state index is 5.47. The molecule has 1 aliphatic rings. The van der Waals surface area contributed by atoms with Gasteiger partial charge in [-0.25, -0.2) is 0 Å². The molecule has 120 valence electrons. The van der Waals surface area contributed by atoms with Crippen molar-refractivity contribution in [2.24, 2.45) is 0 Å². The molecule has 4 atom stereocenters. The molecule has 1 N–H and O–H groups in total. The van der Waals surface area contributed by atoms with Crippen LogP contribution in [-0.4, -0.2) is 39.0 Å². The Kier molecular flexibility index (Phi) is 6.89. The predicted octanol–water partition coefficient (Wildman–Crippen LogP) is 3.69. The second kappa shape index (κ2) is 8.44. The van der Waals surface area contributed by atoms with E-state index in [4.69, 9.17) is 4.52 Å². The quantitative estimate of drug-likeness (QED) is 0.823. The molecule has 6 heteroatoms. The molecule has 0 bridgehead atoms. The zero-order valence-electron chi connectivity index (χ0n) is 13.5. The van der Waals surface area contributed by atoms with Crippen molar-refractivity contribution in [3.05, 3.63) is 11.7 Å². The van der Waals surface area contributed by atoms with Gasteiger partial charge in [0.05, 0.1) is 5.25 Å². The molecular weight excluding hydrogens is 302 g/mol. The van der Waals surface area contributed by atoms with Crippen molar-refractivity contribution in [2.75, 3.05) is 12.3 Å². The van der Waals surface area contributed by atoms with Gasteiger partial charge in [-0.15, -0.1) is 11.8 Å². The summed E-state index contributed by atoms with van der Waals surface area (Å²) >= 11 is 3.99. The smallest absolute Gasteiger partial charge is 0.228 e. The van der Waals surface area contributed by atoms with Crippen LogP contribution in [0.3, 0.4) is 0 Å². The molecule has 0 aliphatic carbocycles. The number of thioether (sulfide) groups is 2. The van der Waals surface area contributed by atoms with Gasteiger partial charge >= 0.3 is 0 Å². The molecule has 4 nitrogen and oxygen atoms in total. The summed E-state index contributed by atoms with van der Waals surface area (Å²) < 4.78 is 5.47. The van der Waals surface area contributed by atoms with Crippen LogP contribution < -0.4 is 5.32 Å². The summed E-state index contributed by atoms with van der Waals surface area (Å²) in [5.74, 6) is 2.74. The van der Waals surface area contributed by atoms with E-state index in [2.05, 4.69) is 43.2 Å². The van der Waals surface area contributed by atoms with E-state index in [1.165, 1.54) is 0 Å². The van der Waals surface area contributed by atoms with Crippen molar-refractivity contribution >= 4 is 23.5 Å². The summed E-state index contributed by atoms with van der Waals surface area (Å²) in [5, 5.41) is 9.48. The van der Waals surface area contributed by atoms with E-state index >= 15 is 0 Å². The summed E-state index contributed by atoms with van der Waals surface area (Å²) in [5.41, 5.74) is 0. The van der Waals surface area contributed by atoms with E-state index in [9.17, 15) is 0 Å². The molecule has 0 radical (unpaired) electrons. The van der Waals surface area contributed by atoms with Crippen LogP contribution in [0.5, 0.6) is 0 Å². The van der Waals surface area contributed by atoms with Gasteiger partial charge < -0.3 is 9.84 Å². The van der Waals surface area contributed by atoms with E-state index in [-0.39, 0.29) is 0 Å². The molecule has 1 aromatic heterocycles. The van der Waals surface area contributed by atoms with Gasteiger partial charge in [-0.05, 0) is 19.4 Å². The Morgan fingerprint density at radius 3 is 2.81 bits per heavy atom. The Morgan fingerprint density at radius 1 is 1.33 bits per heavy atom. The first-order valence-electron chi connectivity index (χ1n) is 7.96. The van der Waals surface area contributed by atoms with E-state index in [1.807, 2.05) is 23.5 Å². The van der Waals surface area contributed by atoms with Gasteiger partial charge in [0, 0.05) is 28.7 Å². The van der Waals surface area contributed by atoms with Crippen LogP contribution in [0.4, 0.5) is 0 Å². The fourth-order valence-corrected chi connectivity index (χ4v) is 5.15. The third kappa shape index (κ3) is 4.89. The third-order valence-corrected chi connectivity index (χ3v) is 7.31. The average molecular weight is 330 g/mol. The van der Waals surface area contributed by atoms with Gasteiger partial charge in [0.2, 0.25) is 5.89 Å². The second-order valence-corrected chi connectivity index (χ2v) is 8.67. The molecular formula is C15H27N3OS2. The summed E-state index contributed by atoms with van der Waals surface area (Å²) in [6.07, 6.45) is 3.07. The predicted molar refractivity (Wildman–Crippen MR) is 92.1 cm³/mol. The van der Waals surface area contributed by atoms with Gasteiger partial charge in [-0.1, -0.05) is 32.9 Å². The highest BCUT2D eigenvalue weighted by atomic mass is 32.2. The minimum atomic E-state index is 0.377. The van der Waals surface area contributed by atoms with Gasteiger partial charge in [0.25, 0.3) is 0 Å². The molecule has 2 rings (SSSR count). The van der Waals surface area contributed by atoms with Crippen molar-refractivity contribution < 1.29 is 4.52 Å². The summed E-state index contributed by atoms with van der Waals surface area (Å²) in [7, 11) is 0. The molecule has 1 aromatic rings. The van der Waals surface area contributed by atoms with Crippen LogP contribution in [0.2, 0.25) is 0 Å². The van der Waals surface area contributed by atoms with Crippen molar-refractivity contribution in [1.29, 1.82) is 0 Å². The van der Waals surface area contributed by atoms with Crippen LogP contribution in [-0.2, 0) is 6.42 Å². The molecule has 0 amide bonds. The lowest BCUT2D eigenvalue weighted by molar-refractivity contribution is 0.350. The molecule has 4 unspecified atom stereocenters. The van der Waals surface area contributed by atoms with E-state index < -0.39 is 0 Å². The average Bonchev–Trinajstić information content (AvgIpc) is 2.95. The first-order valence-corrected chi connectivity index (χ1v) is 9.96. The molecule has 1 aliphatic heterocycles. The minimum absolute atomic E-state index is 0.377. The molecule has 0 aromatic carbocycles. The van der Waals surface area contributed by atoms with Crippen LogP contribution in [0.15, 0.2) is 4.52 Å². The first kappa shape index (κ1) is 17.2. The number of hydrogen-bond acceptors (Lipinski definition) is 6. The topological polar surface area (TPSA) is 51.0 Å². The molecule has 0 saturated carbocycles. The Balaban J connectivity index is 1.91. The zero-order valence-corrected chi connectivity index (χ0v) is 15.1. The molecule has 1 saturated heterocycles. The SMILES string of the molecule is CCCNC(CC)Cc1nc(C2CSC(C)C(C)S2)no1. The van der Waals surface area contributed by atoms with Gasteiger partial charge in [0.1, 0.15) is 0 Å². The normalized spacial score (nSPS) is 27.7. The number of nitrogens with zero attached hydrogens (tertiary/aromatic N) is 2. The monoisotopic (exact) mass is 329 g/mol. The maximum absolute atomic E-state index is 5.47. The zero-order chi connectivity index (χ0) is 15.2. The van der Waals surface area contributed by atoms with Crippen LogP contribution in [0, 0.1) is 0 Å². The third-order valence-electron chi connectivity index (χ3n) is 3.92. The van der Waals surface area contributed by atoms with Gasteiger partial charge in [-0.3, -0.25) is 0 Å². The largest absolute Gasteiger partial charge is 0.339 e. The number of rotatable bonds is 7. The first-order chi connectivity index (χ1) is 10.1. The lowest BCUT2D eigenvalue weighted by Crippen LogP contribution is -2.31. The van der Waals surface area contributed by atoms with Crippen molar-refractivity contribution in [1.82, 2.24) is 15.5 Å². The highest BCUT2D eigenvalue weighted by Gasteiger charge is 2.30. The molecule has 2 heterocycles. The highest BCUT2D eigenvalue weighted by molar-refractivity contribution is 8.07. The van der Waals surface area contributed by atoms with Crippen molar-refractivity contribution in [3.8, 4) is 0 Å². The second-order valence-electron chi connectivity index (χ2n) is 5.68. The number of aromatic nitrogens is 2. The number of nitrogens with one attached hydrogen (secondary N) is 1. The Labute approximate surface area is 136 Å². The van der Waals surface area contributed by atoms with Gasteiger partial charge in [0.15, 0.2) is 5.82 Å². The van der Waals surface area contributed by atoms with Crippen LogP contribution in [0.1, 0.15) is 57.5 Å². The van der Waals surface area contributed by atoms with E-state index in [1.54, 1.807) is 0 Å². The fourth-order valence-electron chi connectivity index (χ4n) is 2.32. The Bertz CT molecular complexity index is 427. The van der Waals surface area contributed by atoms with Gasteiger partial charge in [-0.2, -0.15) is 16.7 Å². The standard InChI is InChI=1S/C15H27N3OS2/c1-5-7-16-12(6-2)8-14-17-15(18-19-14)13-9-20-10(3)11(4)21-13/h10-13,16H,5-9H2,1-4H3. The van der Waals surface area contributed by atoms with Crippen LogP contribution >= 0.6 is 23.5 Å². The molecule has 1 fully saturated rings. The summed E-state index contributed by atoms with van der Waals surface area (Å²) in [4.78, 5) is 4.64. The van der Waals surface area contributed by atoms with Crippen molar-refractivity contribution in [2.45, 2.75) is 68.7 Å². The Morgan fingerprint density at radius 2 is 2.14 bits per heavy atom. The molecule has 21 heavy (non-hydrogen) atoms. The lowest BCUT2D eigenvalue weighted by Gasteiger charge is -2.29. The lowest BCUT2D eigenvalue weighted by atomic mass is 10.1. The van der Waals surface area contributed by atoms with E-state index in [0.717, 1.165) is 43.3 Å². The molecule has 0 spiro atoms. The highest BCUT2D eigenvalue weighted by Crippen LogP contribution is 2.43. The summed E-state index contributed by atoms with van der Waals surface area (Å²) in [6, 6.07) is 0.436. The Hall–Kier alpha value is -0.200. The van der Waals surface area contributed by atoms with Crippen LogP contribution in [0.25, 0.3) is 0 Å².